The van der Waals surface area contributed by atoms with E-state index in [0.717, 1.165) is 6.07 Å². The van der Waals surface area contributed by atoms with Gasteiger partial charge in [-0.25, -0.2) is 4.39 Å². The fourth-order valence-electron chi connectivity index (χ4n) is 2.95. The Bertz CT molecular complexity index is 985. The zero-order valence-electron chi connectivity index (χ0n) is 18.1. The zero-order chi connectivity index (χ0) is 23.6. The van der Waals surface area contributed by atoms with Crippen molar-refractivity contribution in [3.8, 4) is 0 Å². The summed E-state index contributed by atoms with van der Waals surface area (Å²) in [4.78, 5) is 24.9. The first-order valence-corrected chi connectivity index (χ1v) is 9.86. The molecule has 0 radical (unpaired) electrons. The monoisotopic (exact) mass is 436 g/mol. The Labute approximate surface area is 179 Å². The van der Waals surface area contributed by atoms with Crippen molar-refractivity contribution in [3.05, 3.63) is 64.5 Å². The maximum atomic E-state index is 15.1. The van der Waals surface area contributed by atoms with Crippen molar-refractivity contribution < 1.29 is 27.9 Å². The lowest BCUT2D eigenvalue weighted by atomic mass is 9.93. The lowest BCUT2D eigenvalue weighted by molar-refractivity contribution is -0.148. The second kappa shape index (κ2) is 9.09. The largest absolute Gasteiger partial charge is 0.388 e. The van der Waals surface area contributed by atoms with Crippen molar-refractivity contribution in [3.63, 3.8) is 0 Å². The van der Waals surface area contributed by atoms with Gasteiger partial charge in [-0.1, -0.05) is 13.0 Å². The first-order valence-electron chi connectivity index (χ1n) is 9.86. The number of aryl methyl sites for hydroxylation is 1. The quantitative estimate of drug-likeness (QED) is 0.607. The summed E-state index contributed by atoms with van der Waals surface area (Å²) >= 11 is 0. The van der Waals surface area contributed by atoms with Gasteiger partial charge in [-0.2, -0.15) is 8.78 Å². The third-order valence-electron chi connectivity index (χ3n) is 4.59. The fourth-order valence-corrected chi connectivity index (χ4v) is 2.95. The molecule has 0 spiro atoms. The first-order chi connectivity index (χ1) is 14.3. The normalized spacial score (nSPS) is 12.9. The van der Waals surface area contributed by atoms with Crippen LogP contribution in [0.2, 0.25) is 0 Å². The smallest absolute Gasteiger partial charge is 0.350 e. The van der Waals surface area contributed by atoms with Crippen molar-refractivity contribution in [2.75, 3.05) is 5.32 Å². The highest BCUT2D eigenvalue weighted by Gasteiger charge is 2.45. The molecule has 0 saturated carbocycles. The van der Waals surface area contributed by atoms with E-state index in [2.05, 4.69) is 10.6 Å². The van der Waals surface area contributed by atoms with Crippen LogP contribution in [0, 0.1) is 12.7 Å². The number of nitrogens with one attached hydrogen (secondary N) is 2. The van der Waals surface area contributed by atoms with Crippen molar-refractivity contribution in [1.29, 1.82) is 0 Å². The van der Waals surface area contributed by atoms with Gasteiger partial charge in [-0.15, -0.1) is 0 Å². The van der Waals surface area contributed by atoms with E-state index < -0.39 is 40.8 Å². The number of aliphatic hydroxyl groups is 1. The van der Waals surface area contributed by atoms with Gasteiger partial charge >= 0.3 is 5.92 Å². The van der Waals surface area contributed by atoms with E-state index >= 15 is 8.78 Å². The van der Waals surface area contributed by atoms with Crippen molar-refractivity contribution in [2.24, 2.45) is 0 Å². The van der Waals surface area contributed by atoms with Crippen molar-refractivity contribution >= 4 is 17.5 Å². The number of carbonyl (C=O) groups is 2. The molecule has 168 valence electrons. The zero-order valence-corrected chi connectivity index (χ0v) is 18.1. The molecule has 3 N–H and O–H groups in total. The predicted octanol–water partition coefficient (Wildman–Crippen LogP) is 4.84. The molecule has 31 heavy (non-hydrogen) atoms. The Morgan fingerprint density at radius 2 is 1.74 bits per heavy atom. The minimum Gasteiger partial charge on any atom is -0.388 e. The second-order valence-corrected chi connectivity index (χ2v) is 8.42. The van der Waals surface area contributed by atoms with Gasteiger partial charge in [0, 0.05) is 22.4 Å². The van der Waals surface area contributed by atoms with Crippen LogP contribution in [0.25, 0.3) is 0 Å². The Kier molecular flexibility index (Phi) is 7.16. The van der Waals surface area contributed by atoms with Gasteiger partial charge in [-0.3, -0.25) is 9.59 Å². The molecule has 8 heteroatoms. The molecule has 2 aromatic carbocycles. The van der Waals surface area contributed by atoms with E-state index in [-0.39, 0.29) is 17.5 Å². The van der Waals surface area contributed by atoms with Crippen LogP contribution in [-0.2, 0) is 10.7 Å². The van der Waals surface area contributed by atoms with Gasteiger partial charge in [0.15, 0.2) is 0 Å². The van der Waals surface area contributed by atoms with Crippen LogP contribution in [0.5, 0.6) is 0 Å². The molecular formula is C23H27F3N2O3. The van der Waals surface area contributed by atoms with Gasteiger partial charge in [0.05, 0.1) is 6.10 Å². The van der Waals surface area contributed by atoms with E-state index in [1.807, 2.05) is 0 Å². The minimum atomic E-state index is -3.98. The van der Waals surface area contributed by atoms with Crippen molar-refractivity contribution in [2.45, 2.75) is 58.6 Å². The molecule has 0 aliphatic heterocycles. The van der Waals surface area contributed by atoms with Crippen molar-refractivity contribution in [1.82, 2.24) is 5.32 Å². The number of halogens is 3. The molecule has 2 amide bonds. The Hall–Kier alpha value is -2.87. The van der Waals surface area contributed by atoms with Crippen LogP contribution >= 0.6 is 0 Å². The number of rotatable bonds is 6. The van der Waals surface area contributed by atoms with E-state index in [1.165, 1.54) is 37.3 Å². The molecule has 0 aromatic heterocycles. The number of amides is 2. The van der Waals surface area contributed by atoms with Gasteiger partial charge in [0.2, 0.25) is 0 Å². The highest BCUT2D eigenvalue weighted by molar-refractivity contribution is 6.04. The minimum absolute atomic E-state index is 0.132. The number of carbonyl (C=O) groups excluding carboxylic acids is 2. The summed E-state index contributed by atoms with van der Waals surface area (Å²) in [6.45, 7) is 7.84. The standard InChI is InChI=1S/C23H27F3N2O3/c1-6-19(29)16-9-7-14(20(30)27-15-8-10-18(24)13(2)11-15)12-17(16)23(25,26)21(31)28-22(3,4)5/h7-12,19,29H,6H2,1-5H3,(H,27,30)(H,28,31)/t19-/m0/s1. The van der Waals surface area contributed by atoms with E-state index in [0.29, 0.717) is 11.3 Å². The molecule has 0 heterocycles. The van der Waals surface area contributed by atoms with Gasteiger partial charge in [-0.05, 0) is 75.6 Å². The fraction of sp³-hybridized carbons (Fsp3) is 0.391. The van der Waals surface area contributed by atoms with E-state index in [9.17, 15) is 19.1 Å². The molecule has 0 fully saturated rings. The van der Waals surface area contributed by atoms with Crippen LogP contribution in [0.1, 0.15) is 67.3 Å². The second-order valence-electron chi connectivity index (χ2n) is 8.42. The summed E-state index contributed by atoms with van der Waals surface area (Å²) < 4.78 is 43.6. The van der Waals surface area contributed by atoms with E-state index in [4.69, 9.17) is 0 Å². The summed E-state index contributed by atoms with van der Waals surface area (Å²) in [6.07, 6.45) is -1.09. The third-order valence-corrected chi connectivity index (χ3v) is 4.59. The topological polar surface area (TPSA) is 78.4 Å². The molecule has 0 aliphatic carbocycles. The molecule has 0 aliphatic rings. The van der Waals surface area contributed by atoms with Crippen LogP contribution < -0.4 is 10.6 Å². The summed E-state index contributed by atoms with van der Waals surface area (Å²) in [7, 11) is 0. The molecule has 2 aromatic rings. The summed E-state index contributed by atoms with van der Waals surface area (Å²) in [5.74, 6) is -6.67. The number of hydrogen-bond acceptors (Lipinski definition) is 3. The van der Waals surface area contributed by atoms with Crippen LogP contribution in [0.4, 0.5) is 18.9 Å². The van der Waals surface area contributed by atoms with E-state index in [1.54, 1.807) is 27.7 Å². The SMILES string of the molecule is CC[C@H](O)c1ccc(C(=O)Nc2ccc(F)c(C)c2)cc1C(F)(F)C(=O)NC(C)(C)C. The van der Waals surface area contributed by atoms with Gasteiger partial charge in [0.1, 0.15) is 5.82 Å². The molecule has 0 saturated heterocycles. The number of anilines is 1. The maximum absolute atomic E-state index is 15.1. The highest BCUT2D eigenvalue weighted by atomic mass is 19.3. The molecule has 2 rings (SSSR count). The highest BCUT2D eigenvalue weighted by Crippen LogP contribution is 2.36. The Morgan fingerprint density at radius 3 is 2.29 bits per heavy atom. The summed E-state index contributed by atoms with van der Waals surface area (Å²) in [5, 5.41) is 15.0. The lowest BCUT2D eigenvalue weighted by Crippen LogP contribution is -2.48. The molecule has 5 nitrogen and oxygen atoms in total. The first kappa shape index (κ1) is 24.4. The number of alkyl halides is 2. The number of aliphatic hydroxyl groups excluding tert-OH is 1. The summed E-state index contributed by atoms with van der Waals surface area (Å²) in [5.41, 5.74) is -1.31. The molecule has 0 bridgehead atoms. The van der Waals surface area contributed by atoms with Crippen LogP contribution in [0.3, 0.4) is 0 Å². The predicted molar refractivity (Wildman–Crippen MR) is 113 cm³/mol. The van der Waals surface area contributed by atoms with Crippen LogP contribution in [-0.4, -0.2) is 22.5 Å². The molecular weight excluding hydrogens is 409 g/mol. The molecule has 0 unspecified atom stereocenters. The molecule has 1 atom stereocenters. The summed E-state index contributed by atoms with van der Waals surface area (Å²) in [6, 6.07) is 7.36. The third kappa shape index (κ3) is 5.85. The van der Waals surface area contributed by atoms with Gasteiger partial charge in [0.25, 0.3) is 11.8 Å². The Balaban J connectivity index is 2.46. The lowest BCUT2D eigenvalue weighted by Gasteiger charge is -2.27. The van der Waals surface area contributed by atoms with Gasteiger partial charge < -0.3 is 15.7 Å². The number of benzene rings is 2. The number of hydrogen-bond donors (Lipinski definition) is 3. The average molecular weight is 436 g/mol. The Morgan fingerprint density at radius 1 is 1.10 bits per heavy atom. The maximum Gasteiger partial charge on any atom is 0.350 e. The van der Waals surface area contributed by atoms with Crippen LogP contribution in [0.15, 0.2) is 36.4 Å². The average Bonchev–Trinajstić information content (AvgIpc) is 2.68.